The van der Waals surface area contributed by atoms with Gasteiger partial charge in [0.15, 0.2) is 5.96 Å². The third kappa shape index (κ3) is 5.07. The quantitative estimate of drug-likeness (QED) is 0.357. The lowest BCUT2D eigenvalue weighted by molar-refractivity contribution is 0.492. The molecule has 0 heterocycles. The Morgan fingerprint density at radius 3 is 2.85 bits per heavy atom. The van der Waals surface area contributed by atoms with Crippen LogP contribution in [0.3, 0.4) is 0 Å². The Labute approximate surface area is 134 Å². The van der Waals surface area contributed by atoms with Gasteiger partial charge in [-0.1, -0.05) is 12.2 Å². The molecule has 2 rings (SSSR count). The molecule has 1 aliphatic rings. The maximum atomic E-state index is 13.4. The highest BCUT2D eigenvalue weighted by atomic mass is 127. The van der Waals surface area contributed by atoms with Crippen molar-refractivity contribution < 1.29 is 8.78 Å². The highest BCUT2D eigenvalue weighted by molar-refractivity contribution is 14.0. The molecule has 3 N–H and O–H groups in total. The zero-order valence-electron chi connectivity index (χ0n) is 11.0. The van der Waals surface area contributed by atoms with Crippen LogP contribution in [0.25, 0.3) is 0 Å². The number of allylic oxidation sites excluding steroid dienone is 2. The largest absolute Gasteiger partial charge is 0.370 e. The molecule has 1 aliphatic carbocycles. The second-order valence-corrected chi connectivity index (χ2v) is 4.63. The molecule has 1 aromatic carbocycles. The Hall–Kier alpha value is -1.18. The highest BCUT2D eigenvalue weighted by Crippen LogP contribution is 2.18. The van der Waals surface area contributed by atoms with Gasteiger partial charge in [-0.3, -0.25) is 4.99 Å². The van der Waals surface area contributed by atoms with Gasteiger partial charge < -0.3 is 11.1 Å². The topological polar surface area (TPSA) is 50.4 Å². The number of aliphatic imine (C=N–C) groups is 1. The molecule has 1 atom stereocenters. The zero-order valence-corrected chi connectivity index (χ0v) is 13.3. The first-order valence-corrected chi connectivity index (χ1v) is 6.32. The molecule has 0 saturated carbocycles. The molecule has 1 aromatic rings. The van der Waals surface area contributed by atoms with Crippen LogP contribution in [0.5, 0.6) is 0 Å². The first-order chi connectivity index (χ1) is 9.15. The number of hydrogen-bond acceptors (Lipinski definition) is 1. The zero-order chi connectivity index (χ0) is 13.7. The summed E-state index contributed by atoms with van der Waals surface area (Å²) in [6.07, 6.45) is 7.43. The molecule has 1 unspecified atom stereocenters. The van der Waals surface area contributed by atoms with Gasteiger partial charge in [0.25, 0.3) is 0 Å². The fraction of sp³-hybridized carbons (Fsp3) is 0.357. The molecule has 0 spiro atoms. The lowest BCUT2D eigenvalue weighted by Gasteiger charge is -2.15. The molecule has 0 radical (unpaired) electrons. The number of benzene rings is 1. The molecule has 110 valence electrons. The lowest BCUT2D eigenvalue weighted by atomic mass is 9.95. The number of anilines is 1. The Morgan fingerprint density at radius 1 is 1.35 bits per heavy atom. The molecule has 0 bridgehead atoms. The van der Waals surface area contributed by atoms with Gasteiger partial charge >= 0.3 is 0 Å². The number of halogens is 3. The number of hydrogen-bond donors (Lipinski definition) is 2. The van der Waals surface area contributed by atoms with E-state index in [0.29, 0.717) is 12.5 Å². The van der Waals surface area contributed by atoms with Crippen molar-refractivity contribution in [3.8, 4) is 0 Å². The van der Waals surface area contributed by atoms with Crippen molar-refractivity contribution in [3.05, 3.63) is 42.0 Å². The van der Waals surface area contributed by atoms with Gasteiger partial charge in [-0.05, 0) is 37.3 Å². The van der Waals surface area contributed by atoms with E-state index in [-0.39, 0.29) is 35.6 Å². The standard InChI is InChI=1S/C14H17F2N3.HI/c15-11-6-7-12(16)13(8-11)19-14(17)18-9-10-4-2-1-3-5-10;/h1-2,6-8,10H,3-5,9H2,(H3,17,18,19);1H. The fourth-order valence-electron chi connectivity index (χ4n) is 2.02. The average Bonchev–Trinajstić information content (AvgIpc) is 2.42. The highest BCUT2D eigenvalue weighted by Gasteiger charge is 2.09. The summed E-state index contributed by atoms with van der Waals surface area (Å²) in [5, 5.41) is 2.59. The predicted octanol–water partition coefficient (Wildman–Crippen LogP) is 3.67. The molecule has 20 heavy (non-hydrogen) atoms. The minimum absolute atomic E-state index is 0. The number of nitrogens with one attached hydrogen (secondary N) is 1. The van der Waals surface area contributed by atoms with Crippen molar-refractivity contribution in [1.29, 1.82) is 0 Å². The van der Waals surface area contributed by atoms with Gasteiger partial charge in [0.05, 0.1) is 5.69 Å². The minimum Gasteiger partial charge on any atom is -0.370 e. The van der Waals surface area contributed by atoms with E-state index in [1.165, 1.54) is 0 Å². The van der Waals surface area contributed by atoms with Crippen molar-refractivity contribution >= 4 is 35.6 Å². The monoisotopic (exact) mass is 393 g/mol. The summed E-state index contributed by atoms with van der Waals surface area (Å²) in [4.78, 5) is 4.17. The Bertz CT molecular complexity index is 503. The molecule has 0 fully saturated rings. The van der Waals surface area contributed by atoms with E-state index in [2.05, 4.69) is 22.5 Å². The van der Waals surface area contributed by atoms with Gasteiger partial charge in [-0.25, -0.2) is 8.78 Å². The van der Waals surface area contributed by atoms with Crippen LogP contribution >= 0.6 is 24.0 Å². The maximum Gasteiger partial charge on any atom is 0.193 e. The second kappa shape index (κ2) is 8.18. The summed E-state index contributed by atoms with van der Waals surface area (Å²) in [7, 11) is 0. The van der Waals surface area contributed by atoms with E-state index in [9.17, 15) is 8.78 Å². The van der Waals surface area contributed by atoms with Crippen molar-refractivity contribution in [3.63, 3.8) is 0 Å². The van der Waals surface area contributed by atoms with Crippen LogP contribution in [0.1, 0.15) is 19.3 Å². The van der Waals surface area contributed by atoms with E-state index in [4.69, 9.17) is 5.73 Å². The molecule has 6 heteroatoms. The predicted molar refractivity (Wildman–Crippen MR) is 88.4 cm³/mol. The van der Waals surface area contributed by atoms with Crippen LogP contribution in [0.2, 0.25) is 0 Å². The summed E-state index contributed by atoms with van der Waals surface area (Å²) in [5.41, 5.74) is 5.68. The van der Waals surface area contributed by atoms with Crippen molar-refractivity contribution in [1.82, 2.24) is 0 Å². The molecule has 3 nitrogen and oxygen atoms in total. The number of nitrogens with two attached hydrogens (primary N) is 1. The van der Waals surface area contributed by atoms with Crippen LogP contribution in [0, 0.1) is 17.6 Å². The van der Waals surface area contributed by atoms with Crippen LogP contribution in [-0.4, -0.2) is 12.5 Å². The van der Waals surface area contributed by atoms with Gasteiger partial charge in [0.1, 0.15) is 11.6 Å². The Morgan fingerprint density at radius 2 is 2.15 bits per heavy atom. The molecule has 0 aromatic heterocycles. The van der Waals surface area contributed by atoms with Gasteiger partial charge in [-0.15, -0.1) is 24.0 Å². The van der Waals surface area contributed by atoms with Crippen molar-refractivity contribution in [2.75, 3.05) is 11.9 Å². The molecule has 0 aliphatic heterocycles. The van der Waals surface area contributed by atoms with E-state index in [1.54, 1.807) is 0 Å². The van der Waals surface area contributed by atoms with E-state index < -0.39 is 11.6 Å². The SMILES string of the molecule is I.NC(=NCC1CC=CCC1)Nc1cc(F)ccc1F. The first kappa shape index (κ1) is 16.9. The number of nitrogens with zero attached hydrogens (tertiary/aromatic N) is 1. The van der Waals surface area contributed by atoms with Gasteiger partial charge in [0, 0.05) is 12.6 Å². The van der Waals surface area contributed by atoms with E-state index in [1.807, 2.05) is 0 Å². The van der Waals surface area contributed by atoms with E-state index >= 15 is 0 Å². The Balaban J connectivity index is 0.00000200. The molecular weight excluding hydrogens is 375 g/mol. The summed E-state index contributed by atoms with van der Waals surface area (Å²) in [5.74, 6) is -0.490. The molecule has 0 saturated heterocycles. The van der Waals surface area contributed by atoms with Crippen molar-refractivity contribution in [2.45, 2.75) is 19.3 Å². The van der Waals surface area contributed by atoms with E-state index in [0.717, 1.165) is 37.5 Å². The van der Waals surface area contributed by atoms with Gasteiger partial charge in [0.2, 0.25) is 0 Å². The smallest absolute Gasteiger partial charge is 0.193 e. The minimum atomic E-state index is -0.555. The normalized spacial score (nSPS) is 18.5. The van der Waals surface area contributed by atoms with Crippen molar-refractivity contribution in [2.24, 2.45) is 16.6 Å². The summed E-state index contributed by atoms with van der Waals surface area (Å²) < 4.78 is 26.4. The van der Waals surface area contributed by atoms with Crippen LogP contribution in [0.15, 0.2) is 35.3 Å². The summed E-state index contributed by atoms with van der Waals surface area (Å²) in [6, 6.07) is 3.17. The second-order valence-electron chi connectivity index (χ2n) is 4.63. The average molecular weight is 393 g/mol. The fourth-order valence-corrected chi connectivity index (χ4v) is 2.02. The van der Waals surface area contributed by atoms with Crippen LogP contribution < -0.4 is 11.1 Å². The third-order valence-electron chi connectivity index (χ3n) is 3.09. The number of guanidine groups is 1. The lowest BCUT2D eigenvalue weighted by Crippen LogP contribution is -2.24. The summed E-state index contributed by atoms with van der Waals surface area (Å²) >= 11 is 0. The molecule has 0 amide bonds. The van der Waals surface area contributed by atoms with Crippen LogP contribution in [-0.2, 0) is 0 Å². The Kier molecular flexibility index (Phi) is 6.90. The van der Waals surface area contributed by atoms with Crippen LogP contribution in [0.4, 0.5) is 14.5 Å². The number of rotatable bonds is 3. The molecular formula is C14H18F2IN3. The maximum absolute atomic E-state index is 13.4. The third-order valence-corrected chi connectivity index (χ3v) is 3.09. The summed E-state index contributed by atoms with van der Waals surface area (Å²) in [6.45, 7) is 0.597. The van der Waals surface area contributed by atoms with Gasteiger partial charge in [-0.2, -0.15) is 0 Å². The first-order valence-electron chi connectivity index (χ1n) is 6.32.